The van der Waals surface area contributed by atoms with E-state index in [1.807, 2.05) is 0 Å². The van der Waals surface area contributed by atoms with E-state index in [-0.39, 0.29) is 40.0 Å². The van der Waals surface area contributed by atoms with Gasteiger partial charge in [-0.1, -0.05) is 46.8 Å². The molecular weight excluding hydrogens is 572 g/mol. The summed E-state index contributed by atoms with van der Waals surface area (Å²) >= 11 is 0. The van der Waals surface area contributed by atoms with Crippen LogP contribution in [0.4, 0.5) is 0 Å². The van der Waals surface area contributed by atoms with Crippen molar-refractivity contribution >= 4 is 12.4 Å². The van der Waals surface area contributed by atoms with Gasteiger partial charge in [-0.15, -0.1) is 0 Å². The molecule has 5 aliphatic carbocycles. The van der Waals surface area contributed by atoms with Crippen LogP contribution in [0.3, 0.4) is 0 Å². The Balaban J connectivity index is 1.26. The van der Waals surface area contributed by atoms with Crippen LogP contribution in [0.25, 0.3) is 0 Å². The molecule has 0 radical (unpaired) electrons. The standard InChI is InChI=1S/C37H58O8/c1-20(2)22-11-15-37(32(42)43)17-16-35(6)23(27(22)37)8-9-26-34(5)13-10-21(33(3,4)25(34)12-14-36(26,35)7)18-24-28(39)29(40)30(41)31(45-24)44-19-38/h19,21-31,39-41H,1,8-18H2,2-7H3,(H,42,43)/t21-,22-,23?,24-,25?,26?,27?,28?,29+,30-,31?,34-,35+,36+,37-/m0/s1. The van der Waals surface area contributed by atoms with E-state index in [0.717, 1.165) is 69.8 Å². The maximum atomic E-state index is 13.0. The Morgan fingerprint density at radius 2 is 1.58 bits per heavy atom. The van der Waals surface area contributed by atoms with Gasteiger partial charge in [-0.05, 0) is 135 Å². The van der Waals surface area contributed by atoms with Crippen molar-refractivity contribution in [3.05, 3.63) is 12.2 Å². The lowest BCUT2D eigenvalue weighted by atomic mass is 9.32. The molecule has 0 aromatic heterocycles. The van der Waals surface area contributed by atoms with Crippen LogP contribution in [0.2, 0.25) is 0 Å². The van der Waals surface area contributed by atoms with Gasteiger partial charge >= 0.3 is 5.97 Å². The third-order valence-corrected chi connectivity index (χ3v) is 16.1. The highest BCUT2D eigenvalue weighted by Gasteiger charge is 2.72. The quantitative estimate of drug-likeness (QED) is 0.217. The highest BCUT2D eigenvalue weighted by atomic mass is 16.7. The van der Waals surface area contributed by atoms with E-state index in [1.165, 1.54) is 0 Å². The van der Waals surface area contributed by atoms with Crippen molar-refractivity contribution in [2.24, 2.45) is 62.6 Å². The molecule has 6 rings (SSSR count). The highest BCUT2D eigenvalue weighted by Crippen LogP contribution is 2.78. The van der Waals surface area contributed by atoms with Crippen LogP contribution in [0.15, 0.2) is 12.2 Å². The van der Waals surface area contributed by atoms with Crippen molar-refractivity contribution < 1.29 is 39.5 Å². The second-order valence-electron chi connectivity index (χ2n) is 17.7. The lowest BCUT2D eigenvalue weighted by molar-refractivity contribution is -0.291. The van der Waals surface area contributed by atoms with Crippen molar-refractivity contribution in [3.8, 4) is 0 Å². The fraction of sp³-hybridized carbons (Fsp3) is 0.892. The minimum absolute atomic E-state index is 0.0568. The molecule has 254 valence electrons. The van der Waals surface area contributed by atoms with E-state index < -0.39 is 42.1 Å². The first-order valence-corrected chi connectivity index (χ1v) is 17.7. The average Bonchev–Trinajstić information content (AvgIpc) is 3.38. The Hall–Kier alpha value is -1.48. The van der Waals surface area contributed by atoms with Gasteiger partial charge in [0, 0.05) is 0 Å². The number of carbonyl (C=O) groups is 2. The predicted octanol–water partition coefficient (Wildman–Crippen LogP) is 5.72. The molecule has 6 unspecified atom stereocenters. The molecule has 15 atom stereocenters. The molecule has 0 amide bonds. The number of hydrogen-bond donors (Lipinski definition) is 4. The number of ether oxygens (including phenoxy) is 2. The summed E-state index contributed by atoms with van der Waals surface area (Å²) in [4.78, 5) is 24.0. The molecule has 0 bridgehead atoms. The average molecular weight is 631 g/mol. The molecule has 0 spiro atoms. The number of aliphatic hydroxyl groups excluding tert-OH is 3. The number of rotatable bonds is 6. The van der Waals surface area contributed by atoms with Gasteiger partial charge in [-0.3, -0.25) is 9.59 Å². The fourth-order valence-corrected chi connectivity index (χ4v) is 13.6. The maximum Gasteiger partial charge on any atom is 0.309 e. The van der Waals surface area contributed by atoms with E-state index in [0.29, 0.717) is 30.1 Å². The Morgan fingerprint density at radius 1 is 0.867 bits per heavy atom. The second-order valence-corrected chi connectivity index (χ2v) is 17.7. The van der Waals surface area contributed by atoms with Gasteiger partial charge in [0.05, 0.1) is 11.5 Å². The van der Waals surface area contributed by atoms with Crippen LogP contribution in [0.1, 0.15) is 112 Å². The first kappa shape index (κ1) is 33.4. The Labute approximate surface area is 269 Å². The lowest BCUT2D eigenvalue weighted by Gasteiger charge is -2.73. The van der Waals surface area contributed by atoms with Gasteiger partial charge in [0.25, 0.3) is 6.47 Å². The van der Waals surface area contributed by atoms with Crippen LogP contribution in [0, 0.1) is 62.6 Å². The van der Waals surface area contributed by atoms with Gasteiger partial charge in [0.2, 0.25) is 6.29 Å². The lowest BCUT2D eigenvalue weighted by Crippen LogP contribution is -2.67. The zero-order chi connectivity index (χ0) is 32.9. The number of carboxylic acid groups (broad SMARTS) is 1. The SMILES string of the molecule is C=C(C)[C@@H]1CC[C@]2(C(=O)O)CC[C@]3(C)C(CCC4[C@@]5(C)CC[C@@H](C[C@@H]6OC(OC=O)[C@@H](O)[C@H](O)C6O)C(C)(C)C5CC[C@]43C)C12. The van der Waals surface area contributed by atoms with Crippen LogP contribution >= 0.6 is 0 Å². The van der Waals surface area contributed by atoms with E-state index >= 15 is 0 Å². The van der Waals surface area contributed by atoms with E-state index in [2.05, 4.69) is 48.1 Å². The summed E-state index contributed by atoms with van der Waals surface area (Å²) in [6.07, 6.45) is 4.29. The Kier molecular flexibility index (Phi) is 8.19. The van der Waals surface area contributed by atoms with Crippen molar-refractivity contribution in [3.63, 3.8) is 0 Å². The summed E-state index contributed by atoms with van der Waals surface area (Å²) in [5.74, 6) is 1.52. The number of allylic oxidation sites excluding steroid dienone is 1. The topological polar surface area (TPSA) is 134 Å². The fourth-order valence-electron chi connectivity index (χ4n) is 13.6. The van der Waals surface area contributed by atoms with Crippen molar-refractivity contribution in [2.45, 2.75) is 143 Å². The minimum Gasteiger partial charge on any atom is -0.481 e. The molecule has 0 aromatic rings. The molecule has 0 aromatic carbocycles. The minimum atomic E-state index is -1.49. The van der Waals surface area contributed by atoms with Crippen molar-refractivity contribution in [2.75, 3.05) is 0 Å². The van der Waals surface area contributed by atoms with Crippen LogP contribution in [-0.4, -0.2) is 63.6 Å². The largest absolute Gasteiger partial charge is 0.481 e. The Morgan fingerprint density at radius 3 is 2.22 bits per heavy atom. The van der Waals surface area contributed by atoms with E-state index in [1.54, 1.807) is 0 Å². The summed E-state index contributed by atoms with van der Waals surface area (Å²) < 4.78 is 10.8. The summed E-state index contributed by atoms with van der Waals surface area (Å²) in [6, 6.07) is 0. The molecule has 5 saturated carbocycles. The monoisotopic (exact) mass is 630 g/mol. The first-order valence-electron chi connectivity index (χ1n) is 17.7. The van der Waals surface area contributed by atoms with Gasteiger partial charge in [-0.25, -0.2) is 0 Å². The number of aliphatic hydroxyl groups is 3. The van der Waals surface area contributed by atoms with Gasteiger partial charge < -0.3 is 29.9 Å². The number of carboxylic acids is 1. The third kappa shape index (κ3) is 4.50. The number of carbonyl (C=O) groups excluding carboxylic acids is 1. The molecular formula is C37H58O8. The number of aliphatic carboxylic acids is 1. The molecule has 8 nitrogen and oxygen atoms in total. The van der Waals surface area contributed by atoms with Gasteiger partial charge in [0.15, 0.2) is 0 Å². The first-order chi connectivity index (χ1) is 21.0. The third-order valence-electron chi connectivity index (χ3n) is 16.1. The highest BCUT2D eigenvalue weighted by molar-refractivity contribution is 5.76. The molecule has 6 aliphatic rings. The van der Waals surface area contributed by atoms with Gasteiger partial charge in [-0.2, -0.15) is 0 Å². The summed E-state index contributed by atoms with van der Waals surface area (Å²) in [5, 5.41) is 42.3. The van der Waals surface area contributed by atoms with Crippen molar-refractivity contribution in [1.29, 1.82) is 0 Å². The van der Waals surface area contributed by atoms with E-state index in [4.69, 9.17) is 9.47 Å². The molecule has 6 fully saturated rings. The van der Waals surface area contributed by atoms with Crippen LogP contribution < -0.4 is 0 Å². The normalized spacial score (nSPS) is 53.7. The maximum absolute atomic E-state index is 13.0. The molecule has 1 saturated heterocycles. The smallest absolute Gasteiger partial charge is 0.309 e. The van der Waals surface area contributed by atoms with Crippen LogP contribution in [-0.2, 0) is 19.1 Å². The molecule has 4 N–H and O–H groups in total. The Bertz CT molecular complexity index is 1200. The van der Waals surface area contributed by atoms with Crippen molar-refractivity contribution in [1.82, 2.24) is 0 Å². The van der Waals surface area contributed by atoms with Gasteiger partial charge in [0.1, 0.15) is 18.3 Å². The second kappa shape index (κ2) is 11.0. The van der Waals surface area contributed by atoms with Crippen LogP contribution in [0.5, 0.6) is 0 Å². The predicted molar refractivity (Wildman–Crippen MR) is 169 cm³/mol. The number of fused-ring (bicyclic) bond motifs is 7. The van der Waals surface area contributed by atoms with E-state index in [9.17, 15) is 30.0 Å². The zero-order valence-electron chi connectivity index (χ0n) is 28.3. The molecule has 1 aliphatic heterocycles. The molecule has 45 heavy (non-hydrogen) atoms. The zero-order valence-corrected chi connectivity index (χ0v) is 28.3. The summed E-state index contributed by atoms with van der Waals surface area (Å²) in [5.41, 5.74) is 0.836. The summed E-state index contributed by atoms with van der Waals surface area (Å²) in [7, 11) is 0. The summed E-state index contributed by atoms with van der Waals surface area (Å²) in [6.45, 7) is 19.1. The molecule has 8 heteroatoms. The number of hydrogen-bond acceptors (Lipinski definition) is 7. The molecule has 1 heterocycles.